The maximum absolute atomic E-state index is 11.8. The SMILES string of the molecule is CC(C)CN(CCC#N)C(=O)CCCCO. The zero-order valence-electron chi connectivity index (χ0n) is 10.3. The van der Waals surface area contributed by atoms with E-state index in [1.807, 2.05) is 0 Å². The topological polar surface area (TPSA) is 64.3 Å². The van der Waals surface area contributed by atoms with Crippen molar-refractivity contribution in [3.8, 4) is 6.07 Å². The van der Waals surface area contributed by atoms with E-state index in [-0.39, 0.29) is 12.5 Å². The minimum atomic E-state index is 0.0948. The molecule has 0 aromatic rings. The highest BCUT2D eigenvalue weighted by Gasteiger charge is 2.13. The molecule has 0 rings (SSSR count). The van der Waals surface area contributed by atoms with Crippen LogP contribution in [0.2, 0.25) is 0 Å². The summed E-state index contributed by atoms with van der Waals surface area (Å²) in [5, 5.41) is 17.2. The molecule has 0 unspecified atom stereocenters. The van der Waals surface area contributed by atoms with Gasteiger partial charge in [0.15, 0.2) is 0 Å². The number of rotatable bonds is 8. The van der Waals surface area contributed by atoms with Gasteiger partial charge in [-0.1, -0.05) is 13.8 Å². The number of hydrogen-bond acceptors (Lipinski definition) is 3. The van der Waals surface area contributed by atoms with Gasteiger partial charge in [0, 0.05) is 26.1 Å². The molecule has 0 aromatic carbocycles. The third-order valence-corrected chi connectivity index (χ3v) is 2.23. The van der Waals surface area contributed by atoms with Gasteiger partial charge in [0.05, 0.1) is 12.5 Å². The van der Waals surface area contributed by atoms with Gasteiger partial charge in [-0.05, 0) is 18.8 Å². The Hall–Kier alpha value is -1.08. The van der Waals surface area contributed by atoms with Crippen LogP contribution in [-0.4, -0.2) is 35.6 Å². The van der Waals surface area contributed by atoms with E-state index >= 15 is 0 Å². The Morgan fingerprint density at radius 2 is 2.12 bits per heavy atom. The summed E-state index contributed by atoms with van der Waals surface area (Å²) in [5.41, 5.74) is 0. The largest absolute Gasteiger partial charge is 0.396 e. The lowest BCUT2D eigenvalue weighted by molar-refractivity contribution is -0.131. The molecule has 0 atom stereocenters. The first-order chi connectivity index (χ1) is 7.61. The van der Waals surface area contributed by atoms with E-state index in [0.29, 0.717) is 38.3 Å². The Morgan fingerprint density at radius 1 is 1.44 bits per heavy atom. The standard InChI is InChI=1S/C12H22N2O2/c1-11(2)10-14(8-5-7-13)12(16)6-3-4-9-15/h11,15H,3-6,8-10H2,1-2H3. The average Bonchev–Trinajstić information content (AvgIpc) is 2.23. The van der Waals surface area contributed by atoms with Gasteiger partial charge in [-0.3, -0.25) is 4.79 Å². The van der Waals surface area contributed by atoms with Crippen molar-refractivity contribution in [2.45, 2.75) is 39.5 Å². The van der Waals surface area contributed by atoms with Gasteiger partial charge in [-0.25, -0.2) is 0 Å². The minimum absolute atomic E-state index is 0.0948. The summed E-state index contributed by atoms with van der Waals surface area (Å²) < 4.78 is 0. The highest BCUT2D eigenvalue weighted by atomic mass is 16.3. The molecule has 92 valence electrons. The van der Waals surface area contributed by atoms with Crippen molar-refractivity contribution >= 4 is 5.91 Å². The number of amides is 1. The van der Waals surface area contributed by atoms with Crippen LogP contribution in [-0.2, 0) is 4.79 Å². The van der Waals surface area contributed by atoms with E-state index in [1.165, 1.54) is 0 Å². The van der Waals surface area contributed by atoms with Gasteiger partial charge >= 0.3 is 0 Å². The van der Waals surface area contributed by atoms with Gasteiger partial charge < -0.3 is 10.0 Å². The van der Waals surface area contributed by atoms with Crippen LogP contribution in [0.1, 0.15) is 39.5 Å². The predicted octanol–water partition coefficient (Wildman–Crippen LogP) is 1.55. The Morgan fingerprint density at radius 3 is 2.62 bits per heavy atom. The lowest BCUT2D eigenvalue weighted by Crippen LogP contribution is -2.34. The molecule has 1 amide bonds. The summed E-state index contributed by atoms with van der Waals surface area (Å²) in [6, 6.07) is 2.06. The number of nitriles is 1. The van der Waals surface area contributed by atoms with Crippen molar-refractivity contribution in [1.82, 2.24) is 4.90 Å². The molecule has 1 N–H and O–H groups in total. The number of aliphatic hydroxyl groups excluding tert-OH is 1. The molecule has 0 saturated heterocycles. The number of carbonyl (C=O) groups is 1. The summed E-state index contributed by atoms with van der Waals surface area (Å²) in [4.78, 5) is 13.5. The van der Waals surface area contributed by atoms with Crippen LogP contribution in [0.3, 0.4) is 0 Å². The second kappa shape index (κ2) is 9.17. The smallest absolute Gasteiger partial charge is 0.222 e. The molecule has 0 bridgehead atoms. The molecule has 16 heavy (non-hydrogen) atoms. The molecule has 0 aromatic heterocycles. The van der Waals surface area contributed by atoms with Crippen LogP contribution in [0, 0.1) is 17.2 Å². The first-order valence-electron chi connectivity index (χ1n) is 5.87. The molecule has 0 saturated carbocycles. The summed E-state index contributed by atoms with van der Waals surface area (Å²) in [6.45, 7) is 5.47. The van der Waals surface area contributed by atoms with Crippen molar-refractivity contribution in [2.24, 2.45) is 5.92 Å². The Labute approximate surface area is 97.9 Å². The Bertz CT molecular complexity index is 234. The third-order valence-electron chi connectivity index (χ3n) is 2.23. The number of hydrogen-bond donors (Lipinski definition) is 1. The molecular formula is C12H22N2O2. The molecule has 0 aliphatic carbocycles. The number of aliphatic hydroxyl groups is 1. The van der Waals surface area contributed by atoms with Gasteiger partial charge in [0.1, 0.15) is 0 Å². The van der Waals surface area contributed by atoms with Crippen molar-refractivity contribution < 1.29 is 9.90 Å². The lowest BCUT2D eigenvalue weighted by atomic mass is 10.1. The fourth-order valence-electron chi connectivity index (χ4n) is 1.49. The van der Waals surface area contributed by atoms with E-state index in [4.69, 9.17) is 10.4 Å². The summed E-state index contributed by atoms with van der Waals surface area (Å²) in [7, 11) is 0. The van der Waals surface area contributed by atoms with Crippen LogP contribution in [0.4, 0.5) is 0 Å². The van der Waals surface area contributed by atoms with Crippen LogP contribution in [0.25, 0.3) is 0 Å². The fraction of sp³-hybridized carbons (Fsp3) is 0.833. The third kappa shape index (κ3) is 7.24. The zero-order chi connectivity index (χ0) is 12.4. The molecular weight excluding hydrogens is 204 g/mol. The summed E-state index contributed by atoms with van der Waals surface area (Å²) in [5.74, 6) is 0.512. The average molecular weight is 226 g/mol. The summed E-state index contributed by atoms with van der Waals surface area (Å²) in [6.07, 6.45) is 2.24. The first-order valence-corrected chi connectivity index (χ1v) is 5.87. The van der Waals surface area contributed by atoms with Crippen molar-refractivity contribution in [1.29, 1.82) is 5.26 Å². The van der Waals surface area contributed by atoms with Crippen LogP contribution in [0.5, 0.6) is 0 Å². The van der Waals surface area contributed by atoms with Gasteiger partial charge in [0.2, 0.25) is 5.91 Å². The van der Waals surface area contributed by atoms with Crippen LogP contribution >= 0.6 is 0 Å². The molecule has 0 aliphatic rings. The highest BCUT2D eigenvalue weighted by Crippen LogP contribution is 2.05. The van der Waals surface area contributed by atoms with E-state index in [9.17, 15) is 4.79 Å². The molecule has 0 radical (unpaired) electrons. The molecule has 4 nitrogen and oxygen atoms in total. The quantitative estimate of drug-likeness (QED) is 0.639. The van der Waals surface area contributed by atoms with Crippen LogP contribution in [0.15, 0.2) is 0 Å². The van der Waals surface area contributed by atoms with E-state index in [2.05, 4.69) is 19.9 Å². The van der Waals surface area contributed by atoms with Gasteiger partial charge in [-0.15, -0.1) is 0 Å². The highest BCUT2D eigenvalue weighted by molar-refractivity contribution is 5.76. The normalized spacial score (nSPS) is 10.2. The second-order valence-electron chi connectivity index (χ2n) is 4.32. The van der Waals surface area contributed by atoms with Crippen LogP contribution < -0.4 is 0 Å². The van der Waals surface area contributed by atoms with E-state index in [0.717, 1.165) is 6.42 Å². The van der Waals surface area contributed by atoms with Crippen molar-refractivity contribution in [3.63, 3.8) is 0 Å². The summed E-state index contributed by atoms with van der Waals surface area (Å²) >= 11 is 0. The zero-order valence-corrected chi connectivity index (χ0v) is 10.3. The maximum Gasteiger partial charge on any atom is 0.222 e. The fourth-order valence-corrected chi connectivity index (χ4v) is 1.49. The van der Waals surface area contributed by atoms with E-state index < -0.39 is 0 Å². The lowest BCUT2D eigenvalue weighted by Gasteiger charge is -2.23. The molecule has 0 fully saturated rings. The number of nitrogens with zero attached hydrogens (tertiary/aromatic N) is 2. The van der Waals surface area contributed by atoms with Gasteiger partial charge in [0.25, 0.3) is 0 Å². The monoisotopic (exact) mass is 226 g/mol. The molecule has 0 spiro atoms. The molecule has 0 aliphatic heterocycles. The Balaban J connectivity index is 4.05. The first kappa shape index (κ1) is 14.9. The van der Waals surface area contributed by atoms with Crippen molar-refractivity contribution in [2.75, 3.05) is 19.7 Å². The molecule has 4 heteroatoms. The number of carbonyl (C=O) groups excluding carboxylic acids is 1. The second-order valence-corrected chi connectivity index (χ2v) is 4.32. The maximum atomic E-state index is 11.8. The minimum Gasteiger partial charge on any atom is -0.396 e. The van der Waals surface area contributed by atoms with Crippen molar-refractivity contribution in [3.05, 3.63) is 0 Å². The van der Waals surface area contributed by atoms with Gasteiger partial charge in [-0.2, -0.15) is 5.26 Å². The Kier molecular flexibility index (Phi) is 8.55. The predicted molar refractivity (Wildman–Crippen MR) is 62.6 cm³/mol. The van der Waals surface area contributed by atoms with E-state index in [1.54, 1.807) is 4.90 Å². The molecule has 0 heterocycles. The number of unbranched alkanes of at least 4 members (excludes halogenated alkanes) is 1.